The fourth-order valence-corrected chi connectivity index (χ4v) is 1.77. The number of nitrogens with zero attached hydrogens (tertiary/aromatic N) is 1. The van der Waals surface area contributed by atoms with E-state index in [2.05, 4.69) is 15.6 Å². The van der Waals surface area contributed by atoms with Crippen LogP contribution in [-0.2, 0) is 11.3 Å². The second kappa shape index (κ2) is 7.56. The van der Waals surface area contributed by atoms with Crippen molar-refractivity contribution < 1.29 is 18.0 Å². The third-order valence-electron chi connectivity index (χ3n) is 2.92. The number of benzene rings is 1. The normalized spacial score (nSPS) is 10.5. The van der Waals surface area contributed by atoms with Gasteiger partial charge in [-0.25, -0.2) is 13.2 Å². The van der Waals surface area contributed by atoms with Crippen LogP contribution in [0.2, 0.25) is 0 Å². The first-order valence-electron chi connectivity index (χ1n) is 6.61. The molecule has 0 saturated carbocycles. The van der Waals surface area contributed by atoms with E-state index in [0.717, 1.165) is 17.7 Å². The van der Waals surface area contributed by atoms with E-state index >= 15 is 0 Å². The Kier molecular flexibility index (Phi) is 5.48. The number of hydrogen-bond donors (Lipinski definition) is 2. The lowest BCUT2D eigenvalue weighted by molar-refractivity contribution is -0.116. The van der Waals surface area contributed by atoms with Crippen molar-refractivity contribution in [3.8, 4) is 0 Å². The quantitative estimate of drug-likeness (QED) is 0.637. The van der Waals surface area contributed by atoms with Crippen LogP contribution in [0, 0.1) is 17.5 Å². The van der Waals surface area contributed by atoms with Crippen LogP contribution in [0.15, 0.2) is 36.7 Å². The molecule has 0 aliphatic heterocycles. The van der Waals surface area contributed by atoms with E-state index in [9.17, 15) is 18.0 Å². The van der Waals surface area contributed by atoms with Crippen LogP contribution in [-0.4, -0.2) is 17.4 Å². The van der Waals surface area contributed by atoms with Gasteiger partial charge >= 0.3 is 0 Å². The van der Waals surface area contributed by atoms with Gasteiger partial charge in [-0.3, -0.25) is 9.78 Å². The Bertz CT molecular complexity index is 650. The number of rotatable bonds is 6. The van der Waals surface area contributed by atoms with Gasteiger partial charge in [-0.1, -0.05) is 0 Å². The van der Waals surface area contributed by atoms with Crippen LogP contribution in [0.3, 0.4) is 0 Å². The summed E-state index contributed by atoms with van der Waals surface area (Å²) in [5.74, 6) is -4.80. The maximum atomic E-state index is 13.4. The van der Waals surface area contributed by atoms with E-state index in [1.807, 2.05) is 12.1 Å². The Balaban J connectivity index is 1.78. The van der Waals surface area contributed by atoms with Crippen molar-refractivity contribution >= 4 is 11.6 Å². The molecular weight excluding hydrogens is 295 g/mol. The van der Waals surface area contributed by atoms with E-state index in [1.54, 1.807) is 12.4 Å². The van der Waals surface area contributed by atoms with E-state index in [1.165, 1.54) is 0 Å². The fraction of sp³-hybridized carbons (Fsp3) is 0.200. The number of carbonyl (C=O) groups excluding carboxylic acids is 1. The van der Waals surface area contributed by atoms with Crippen LogP contribution in [0.5, 0.6) is 0 Å². The lowest BCUT2D eigenvalue weighted by Gasteiger charge is -2.08. The van der Waals surface area contributed by atoms with Crippen LogP contribution < -0.4 is 10.6 Å². The molecule has 0 unspecified atom stereocenters. The number of anilines is 1. The van der Waals surface area contributed by atoms with Crippen molar-refractivity contribution in [1.29, 1.82) is 0 Å². The molecule has 0 fully saturated rings. The summed E-state index contributed by atoms with van der Waals surface area (Å²) < 4.78 is 39.2. The van der Waals surface area contributed by atoms with Gasteiger partial charge in [-0.15, -0.1) is 0 Å². The number of halogens is 3. The van der Waals surface area contributed by atoms with Gasteiger partial charge in [-0.05, 0) is 29.8 Å². The summed E-state index contributed by atoms with van der Waals surface area (Å²) in [5, 5.41) is 5.24. The molecule has 2 rings (SSSR count). The highest BCUT2D eigenvalue weighted by Crippen LogP contribution is 2.19. The molecule has 1 amide bonds. The summed E-state index contributed by atoms with van der Waals surface area (Å²) >= 11 is 0. The number of nitrogens with one attached hydrogen (secondary N) is 2. The fourth-order valence-electron chi connectivity index (χ4n) is 1.77. The molecule has 2 aromatic rings. The average Bonchev–Trinajstić information content (AvgIpc) is 2.53. The summed E-state index contributed by atoms with van der Waals surface area (Å²) in [6, 6.07) is 5.42. The minimum absolute atomic E-state index is 0.0729. The summed E-state index contributed by atoms with van der Waals surface area (Å²) in [7, 11) is 0. The molecule has 2 N–H and O–H groups in total. The summed E-state index contributed by atoms with van der Waals surface area (Å²) in [5.41, 5.74) is 0.639. The smallest absolute Gasteiger partial charge is 0.225 e. The van der Waals surface area contributed by atoms with E-state index in [-0.39, 0.29) is 12.1 Å². The van der Waals surface area contributed by atoms with Crippen molar-refractivity contribution in [3.63, 3.8) is 0 Å². The van der Waals surface area contributed by atoms with Gasteiger partial charge in [-0.2, -0.15) is 0 Å². The molecule has 1 aromatic carbocycles. The summed E-state index contributed by atoms with van der Waals surface area (Å²) in [4.78, 5) is 15.5. The molecule has 1 heterocycles. The Morgan fingerprint density at radius 3 is 2.50 bits per heavy atom. The Morgan fingerprint density at radius 2 is 1.77 bits per heavy atom. The highest BCUT2D eigenvalue weighted by atomic mass is 19.2. The molecule has 4 nitrogen and oxygen atoms in total. The van der Waals surface area contributed by atoms with Crippen molar-refractivity contribution in [2.24, 2.45) is 0 Å². The second-order valence-electron chi connectivity index (χ2n) is 4.55. The van der Waals surface area contributed by atoms with Gasteiger partial charge in [0.05, 0.1) is 5.69 Å². The minimum atomic E-state index is -1.60. The van der Waals surface area contributed by atoms with Crippen molar-refractivity contribution in [2.45, 2.75) is 13.0 Å². The highest BCUT2D eigenvalue weighted by Gasteiger charge is 2.14. The zero-order valence-electron chi connectivity index (χ0n) is 11.6. The van der Waals surface area contributed by atoms with E-state index in [0.29, 0.717) is 13.1 Å². The first kappa shape index (κ1) is 16.0. The Labute approximate surface area is 125 Å². The molecule has 0 spiro atoms. The molecule has 0 bridgehead atoms. The Hall–Kier alpha value is -2.41. The van der Waals surface area contributed by atoms with Gasteiger partial charge in [0.1, 0.15) is 0 Å². The predicted molar refractivity (Wildman–Crippen MR) is 75.5 cm³/mol. The average molecular weight is 309 g/mol. The van der Waals surface area contributed by atoms with Crippen LogP contribution in [0.25, 0.3) is 0 Å². The van der Waals surface area contributed by atoms with E-state index in [4.69, 9.17) is 0 Å². The highest BCUT2D eigenvalue weighted by molar-refractivity contribution is 5.90. The standard InChI is InChI=1S/C15H14F3N3O/c16-11-1-2-12(15(18)14(11)17)21-13(22)5-8-20-9-10-3-6-19-7-4-10/h1-4,6-7,20H,5,8-9H2,(H,21,22). The topological polar surface area (TPSA) is 54.0 Å². The molecule has 1 aromatic heterocycles. The van der Waals surface area contributed by atoms with Gasteiger partial charge in [0.2, 0.25) is 5.91 Å². The molecular formula is C15H14F3N3O. The van der Waals surface area contributed by atoms with Crippen molar-refractivity contribution in [3.05, 3.63) is 59.7 Å². The monoisotopic (exact) mass is 309 g/mol. The molecule has 0 atom stereocenters. The summed E-state index contributed by atoms with van der Waals surface area (Å²) in [6.07, 6.45) is 3.40. The SMILES string of the molecule is O=C(CCNCc1ccncc1)Nc1ccc(F)c(F)c1F. The van der Waals surface area contributed by atoms with Gasteiger partial charge in [0, 0.05) is 31.9 Å². The molecule has 116 valence electrons. The molecule has 0 aliphatic carbocycles. The van der Waals surface area contributed by atoms with Crippen LogP contribution in [0.4, 0.5) is 18.9 Å². The zero-order valence-corrected chi connectivity index (χ0v) is 11.6. The minimum Gasteiger partial charge on any atom is -0.323 e. The summed E-state index contributed by atoms with van der Waals surface area (Å²) in [6.45, 7) is 0.925. The molecule has 22 heavy (non-hydrogen) atoms. The largest absolute Gasteiger partial charge is 0.323 e. The van der Waals surface area contributed by atoms with Gasteiger partial charge < -0.3 is 10.6 Å². The van der Waals surface area contributed by atoms with E-state index < -0.39 is 23.4 Å². The van der Waals surface area contributed by atoms with Gasteiger partial charge in [0.25, 0.3) is 0 Å². The second-order valence-corrected chi connectivity index (χ2v) is 4.55. The maximum Gasteiger partial charge on any atom is 0.225 e. The first-order chi connectivity index (χ1) is 10.6. The van der Waals surface area contributed by atoms with Crippen molar-refractivity contribution in [1.82, 2.24) is 10.3 Å². The molecule has 0 aliphatic rings. The molecule has 7 heteroatoms. The third kappa shape index (κ3) is 4.29. The number of amides is 1. The molecule has 0 saturated heterocycles. The first-order valence-corrected chi connectivity index (χ1v) is 6.61. The number of aromatic nitrogens is 1. The Morgan fingerprint density at radius 1 is 1.05 bits per heavy atom. The van der Waals surface area contributed by atoms with Crippen LogP contribution in [0.1, 0.15) is 12.0 Å². The van der Waals surface area contributed by atoms with Crippen LogP contribution >= 0.6 is 0 Å². The lowest BCUT2D eigenvalue weighted by Crippen LogP contribution is -2.22. The lowest BCUT2D eigenvalue weighted by atomic mass is 10.2. The predicted octanol–water partition coefficient (Wildman–Crippen LogP) is 2.62. The maximum absolute atomic E-state index is 13.4. The third-order valence-corrected chi connectivity index (χ3v) is 2.92. The number of pyridine rings is 1. The van der Waals surface area contributed by atoms with Crippen molar-refractivity contribution in [2.75, 3.05) is 11.9 Å². The number of hydrogen-bond acceptors (Lipinski definition) is 3. The molecule has 0 radical (unpaired) electrons. The van der Waals surface area contributed by atoms with Gasteiger partial charge in [0.15, 0.2) is 17.5 Å². The zero-order chi connectivity index (χ0) is 15.9. The number of carbonyl (C=O) groups is 1.